The second-order valence-corrected chi connectivity index (χ2v) is 7.10. The summed E-state index contributed by atoms with van der Waals surface area (Å²) in [5.74, 6) is -8.44. The highest BCUT2D eigenvalue weighted by atomic mass is 19.3. The van der Waals surface area contributed by atoms with Crippen LogP contribution in [-0.4, -0.2) is 11.8 Å². The predicted octanol–water partition coefficient (Wildman–Crippen LogP) is 7.63. The van der Waals surface area contributed by atoms with Crippen molar-refractivity contribution in [3.63, 3.8) is 0 Å². The topological polar surface area (TPSA) is 0 Å². The average Bonchev–Trinajstić information content (AvgIpc) is 2.74. The summed E-state index contributed by atoms with van der Waals surface area (Å²) in [5.41, 5.74) is 2.70. The van der Waals surface area contributed by atoms with Crippen molar-refractivity contribution in [1.29, 1.82) is 0 Å². The van der Waals surface area contributed by atoms with E-state index < -0.39 is 23.0 Å². The smallest absolute Gasteiger partial charge is 0.194 e. The van der Waals surface area contributed by atoms with E-state index in [0.717, 1.165) is 41.3 Å². The Morgan fingerprint density at radius 3 is 1.38 bits per heavy atom. The lowest BCUT2D eigenvalue weighted by atomic mass is 9.86. The fourth-order valence-electron chi connectivity index (χ4n) is 3.44. The molecule has 0 unspecified atom stereocenters. The number of hydrogen-bond donors (Lipinski definition) is 0. The molecule has 1 aliphatic carbocycles. The van der Waals surface area contributed by atoms with Crippen molar-refractivity contribution in [2.24, 2.45) is 0 Å². The standard InChI is InChI=1S/C25H18F4/c1-17-7-16-23(25(28,29)24(17,26)27)22-14-12-21(13-15-22)20-10-8-19(9-11-20)18-5-3-2-4-6-18/h2-16H,1H3. The van der Waals surface area contributed by atoms with Gasteiger partial charge in [-0.3, -0.25) is 0 Å². The first-order valence-electron chi connectivity index (χ1n) is 9.22. The molecule has 3 aromatic carbocycles. The number of halogens is 4. The highest BCUT2D eigenvalue weighted by molar-refractivity contribution is 5.78. The SMILES string of the molecule is CC1=CC=C(c2ccc(-c3ccc(-c4ccccc4)cc3)cc2)C(F)(F)C1(F)F. The minimum absolute atomic E-state index is 0.0862. The fourth-order valence-corrected chi connectivity index (χ4v) is 3.44. The third-order valence-electron chi connectivity index (χ3n) is 5.25. The van der Waals surface area contributed by atoms with Gasteiger partial charge in [0.2, 0.25) is 0 Å². The second kappa shape index (κ2) is 7.03. The molecule has 0 saturated heterocycles. The molecule has 0 fully saturated rings. The van der Waals surface area contributed by atoms with Crippen molar-refractivity contribution < 1.29 is 17.6 Å². The molecule has 4 heteroatoms. The van der Waals surface area contributed by atoms with Gasteiger partial charge < -0.3 is 0 Å². The molecular formula is C25H18F4. The van der Waals surface area contributed by atoms with Crippen molar-refractivity contribution in [1.82, 2.24) is 0 Å². The van der Waals surface area contributed by atoms with Gasteiger partial charge in [-0.25, -0.2) is 0 Å². The number of allylic oxidation sites excluding steroid dienone is 4. The van der Waals surface area contributed by atoms with Crippen molar-refractivity contribution in [3.8, 4) is 22.3 Å². The monoisotopic (exact) mass is 394 g/mol. The Hall–Kier alpha value is -3.14. The van der Waals surface area contributed by atoms with Crippen molar-refractivity contribution in [2.45, 2.75) is 18.8 Å². The average molecular weight is 394 g/mol. The lowest BCUT2D eigenvalue weighted by molar-refractivity contribution is -0.148. The van der Waals surface area contributed by atoms with E-state index in [1.807, 2.05) is 54.6 Å². The molecule has 0 amide bonds. The Balaban J connectivity index is 1.62. The lowest BCUT2D eigenvalue weighted by Gasteiger charge is -2.32. The Bertz CT molecular complexity index is 1070. The summed E-state index contributed by atoms with van der Waals surface area (Å²) in [5, 5.41) is 0. The van der Waals surface area contributed by atoms with Crippen molar-refractivity contribution >= 4 is 5.57 Å². The van der Waals surface area contributed by atoms with Crippen LogP contribution < -0.4 is 0 Å². The van der Waals surface area contributed by atoms with Gasteiger partial charge in [0.1, 0.15) is 0 Å². The number of benzene rings is 3. The van der Waals surface area contributed by atoms with Gasteiger partial charge in [0, 0.05) is 11.1 Å². The predicted molar refractivity (Wildman–Crippen MR) is 109 cm³/mol. The van der Waals surface area contributed by atoms with E-state index in [0.29, 0.717) is 0 Å². The molecule has 0 aromatic heterocycles. The molecule has 1 aliphatic rings. The van der Waals surface area contributed by atoms with Gasteiger partial charge in [0.05, 0.1) is 0 Å². The first-order chi connectivity index (χ1) is 13.8. The maximum absolute atomic E-state index is 14.4. The van der Waals surface area contributed by atoms with Gasteiger partial charge in [0.15, 0.2) is 0 Å². The van der Waals surface area contributed by atoms with Gasteiger partial charge in [-0.2, -0.15) is 17.6 Å². The highest BCUT2D eigenvalue weighted by Gasteiger charge is 2.60. The van der Waals surface area contributed by atoms with Crippen LogP contribution in [0, 0.1) is 0 Å². The molecule has 0 saturated carbocycles. The quantitative estimate of drug-likeness (QED) is 0.401. The Kier molecular flexibility index (Phi) is 4.65. The zero-order valence-corrected chi connectivity index (χ0v) is 15.7. The van der Waals surface area contributed by atoms with E-state index in [2.05, 4.69) is 0 Å². The molecule has 0 aliphatic heterocycles. The summed E-state index contributed by atoms with van der Waals surface area (Å²) in [7, 11) is 0. The summed E-state index contributed by atoms with van der Waals surface area (Å²) in [6.07, 6.45) is 2.14. The molecule has 0 bridgehead atoms. The van der Waals surface area contributed by atoms with Gasteiger partial charge in [0.25, 0.3) is 0 Å². The van der Waals surface area contributed by atoms with E-state index >= 15 is 0 Å². The van der Waals surface area contributed by atoms with Crippen molar-refractivity contribution in [2.75, 3.05) is 0 Å². The largest absolute Gasteiger partial charge is 0.339 e. The third kappa shape index (κ3) is 3.29. The van der Waals surface area contributed by atoms with Gasteiger partial charge in [-0.15, -0.1) is 0 Å². The van der Waals surface area contributed by atoms with Crippen molar-refractivity contribution in [3.05, 3.63) is 102 Å². The molecule has 0 atom stereocenters. The highest BCUT2D eigenvalue weighted by Crippen LogP contribution is 2.50. The van der Waals surface area contributed by atoms with Crippen LogP contribution in [0.2, 0.25) is 0 Å². The summed E-state index contributed by atoms with van der Waals surface area (Å²) in [6.45, 7) is 1.02. The minimum atomic E-state index is -4.25. The van der Waals surface area contributed by atoms with Gasteiger partial charge >= 0.3 is 11.8 Å². The summed E-state index contributed by atoms with van der Waals surface area (Å²) >= 11 is 0. The Labute approximate surface area is 166 Å². The van der Waals surface area contributed by atoms with E-state index in [9.17, 15) is 17.6 Å². The molecule has 0 spiro atoms. The maximum atomic E-state index is 14.4. The van der Waals surface area contributed by atoms with Gasteiger partial charge in [-0.05, 0) is 34.7 Å². The van der Waals surface area contributed by atoms with Crippen LogP contribution in [0.5, 0.6) is 0 Å². The van der Waals surface area contributed by atoms with Crippen LogP contribution in [0.15, 0.2) is 96.6 Å². The van der Waals surface area contributed by atoms with E-state index in [1.54, 1.807) is 12.1 Å². The summed E-state index contributed by atoms with van der Waals surface area (Å²) in [4.78, 5) is 0. The zero-order valence-electron chi connectivity index (χ0n) is 15.7. The number of hydrogen-bond acceptors (Lipinski definition) is 0. The zero-order chi connectivity index (χ0) is 20.6. The Morgan fingerprint density at radius 2 is 0.897 bits per heavy atom. The molecule has 0 heterocycles. The molecule has 146 valence electrons. The molecule has 4 rings (SSSR count). The lowest BCUT2D eigenvalue weighted by Crippen LogP contribution is -2.43. The summed E-state index contributed by atoms with van der Waals surface area (Å²) in [6, 6.07) is 24.1. The fraction of sp³-hybridized carbons (Fsp3) is 0.120. The number of rotatable bonds is 3. The molecule has 0 radical (unpaired) electrons. The Morgan fingerprint density at radius 1 is 0.483 bits per heavy atom. The minimum Gasteiger partial charge on any atom is -0.194 e. The molecule has 0 nitrogen and oxygen atoms in total. The van der Waals surface area contributed by atoms with E-state index in [4.69, 9.17) is 0 Å². The van der Waals surface area contributed by atoms with Crippen LogP contribution in [0.25, 0.3) is 27.8 Å². The van der Waals surface area contributed by atoms with Crippen LogP contribution in [0.1, 0.15) is 12.5 Å². The molecule has 29 heavy (non-hydrogen) atoms. The molecular weight excluding hydrogens is 376 g/mol. The van der Waals surface area contributed by atoms with Crippen LogP contribution in [0.4, 0.5) is 17.6 Å². The summed E-state index contributed by atoms with van der Waals surface area (Å²) < 4.78 is 56.7. The van der Waals surface area contributed by atoms with E-state index in [1.165, 1.54) is 12.1 Å². The maximum Gasteiger partial charge on any atom is 0.339 e. The third-order valence-corrected chi connectivity index (χ3v) is 5.25. The van der Waals surface area contributed by atoms with Gasteiger partial charge in [-0.1, -0.05) is 91.0 Å². The van der Waals surface area contributed by atoms with Crippen LogP contribution in [-0.2, 0) is 0 Å². The van der Waals surface area contributed by atoms with Crippen LogP contribution >= 0.6 is 0 Å². The molecule has 0 N–H and O–H groups in total. The normalized spacial score (nSPS) is 17.4. The van der Waals surface area contributed by atoms with Crippen LogP contribution in [0.3, 0.4) is 0 Å². The molecule has 3 aromatic rings. The number of alkyl halides is 4. The second-order valence-electron chi connectivity index (χ2n) is 7.10. The first-order valence-corrected chi connectivity index (χ1v) is 9.22. The first kappa shape index (κ1) is 19.2. The van der Waals surface area contributed by atoms with E-state index in [-0.39, 0.29) is 5.56 Å².